The first kappa shape index (κ1) is 14.2. The summed E-state index contributed by atoms with van der Waals surface area (Å²) < 4.78 is 5.88. The first-order chi connectivity index (χ1) is 8.15. The molecular formula is C15H25NO. The summed E-state index contributed by atoms with van der Waals surface area (Å²) in [6.45, 7) is 7.93. The summed E-state index contributed by atoms with van der Waals surface area (Å²) in [6, 6.07) is 8.30. The average molecular weight is 235 g/mol. The fourth-order valence-corrected chi connectivity index (χ4v) is 1.95. The lowest BCUT2D eigenvalue weighted by Crippen LogP contribution is -2.17. The quantitative estimate of drug-likeness (QED) is 0.735. The molecule has 2 nitrogen and oxygen atoms in total. The summed E-state index contributed by atoms with van der Waals surface area (Å²) in [5.74, 6) is 0.744. The number of hydrogen-bond donors (Lipinski definition) is 1. The van der Waals surface area contributed by atoms with Crippen LogP contribution in [0.3, 0.4) is 0 Å². The maximum atomic E-state index is 5.88. The van der Waals surface area contributed by atoms with Crippen molar-refractivity contribution in [1.29, 1.82) is 0 Å². The van der Waals surface area contributed by atoms with E-state index >= 15 is 0 Å². The molecule has 96 valence electrons. The molecule has 0 aromatic heterocycles. The Balaban J connectivity index is 2.46. The molecule has 0 amide bonds. The highest BCUT2D eigenvalue weighted by Crippen LogP contribution is 2.20. The van der Waals surface area contributed by atoms with Crippen LogP contribution in [0.2, 0.25) is 0 Å². The van der Waals surface area contributed by atoms with Crippen LogP contribution >= 0.6 is 0 Å². The van der Waals surface area contributed by atoms with E-state index in [0.717, 1.165) is 18.9 Å². The second kappa shape index (κ2) is 7.46. The molecule has 0 fully saturated rings. The molecule has 1 aromatic rings. The van der Waals surface area contributed by atoms with Gasteiger partial charge in [-0.3, -0.25) is 0 Å². The number of aryl methyl sites for hydroxylation is 1. The smallest absolute Gasteiger partial charge is 0.0949 e. The van der Waals surface area contributed by atoms with E-state index in [9.17, 15) is 0 Å². The lowest BCUT2D eigenvalue weighted by molar-refractivity contribution is 0.0542. The monoisotopic (exact) mass is 235 g/mol. The minimum Gasteiger partial charge on any atom is -0.372 e. The second-order valence-corrected chi connectivity index (χ2v) is 4.99. The van der Waals surface area contributed by atoms with Crippen LogP contribution in [0, 0.1) is 12.8 Å². The fraction of sp³-hybridized carbons (Fsp3) is 0.600. The summed E-state index contributed by atoms with van der Waals surface area (Å²) in [4.78, 5) is 0. The van der Waals surface area contributed by atoms with Gasteiger partial charge >= 0.3 is 0 Å². The predicted octanol–water partition coefficient (Wildman–Crippen LogP) is 3.45. The Morgan fingerprint density at radius 1 is 1.24 bits per heavy atom. The molecule has 1 aromatic carbocycles. The maximum absolute atomic E-state index is 5.88. The molecule has 0 saturated carbocycles. The third-order valence-corrected chi connectivity index (χ3v) is 2.99. The zero-order chi connectivity index (χ0) is 12.7. The van der Waals surface area contributed by atoms with Crippen LogP contribution in [-0.2, 0) is 4.74 Å². The summed E-state index contributed by atoms with van der Waals surface area (Å²) in [5, 5.41) is 0. The number of benzene rings is 1. The van der Waals surface area contributed by atoms with Crippen LogP contribution in [0.5, 0.6) is 0 Å². The lowest BCUT2D eigenvalue weighted by atomic mass is 10.0. The molecule has 0 aliphatic rings. The van der Waals surface area contributed by atoms with E-state index < -0.39 is 0 Å². The van der Waals surface area contributed by atoms with Gasteiger partial charge in [0.2, 0.25) is 0 Å². The number of hydrogen-bond acceptors (Lipinski definition) is 2. The Hall–Kier alpha value is -0.860. The van der Waals surface area contributed by atoms with Crippen molar-refractivity contribution in [3.8, 4) is 0 Å². The standard InChI is InChI=1S/C15H25NO/c1-12(2)7-6-10-17-15(11-16)14-9-5-4-8-13(14)3/h4-5,8-9,12,15H,6-7,10-11,16H2,1-3H3. The van der Waals surface area contributed by atoms with Crippen molar-refractivity contribution in [2.24, 2.45) is 11.7 Å². The second-order valence-electron chi connectivity index (χ2n) is 4.99. The van der Waals surface area contributed by atoms with Crippen LogP contribution in [-0.4, -0.2) is 13.2 Å². The van der Waals surface area contributed by atoms with E-state index in [1.54, 1.807) is 0 Å². The van der Waals surface area contributed by atoms with E-state index in [2.05, 4.69) is 32.9 Å². The summed E-state index contributed by atoms with van der Waals surface area (Å²) in [5.41, 5.74) is 8.27. The lowest BCUT2D eigenvalue weighted by Gasteiger charge is -2.18. The highest BCUT2D eigenvalue weighted by Gasteiger charge is 2.11. The molecule has 0 spiro atoms. The van der Waals surface area contributed by atoms with Crippen molar-refractivity contribution in [2.75, 3.05) is 13.2 Å². The van der Waals surface area contributed by atoms with Crippen molar-refractivity contribution in [3.63, 3.8) is 0 Å². The topological polar surface area (TPSA) is 35.2 Å². The Morgan fingerprint density at radius 3 is 2.53 bits per heavy atom. The van der Waals surface area contributed by atoms with Gasteiger partial charge in [-0.25, -0.2) is 0 Å². The first-order valence-electron chi connectivity index (χ1n) is 6.52. The van der Waals surface area contributed by atoms with Gasteiger partial charge in [-0.05, 0) is 36.8 Å². The van der Waals surface area contributed by atoms with Crippen LogP contribution in [0.1, 0.15) is 43.9 Å². The highest BCUT2D eigenvalue weighted by atomic mass is 16.5. The Morgan fingerprint density at radius 2 is 1.94 bits per heavy atom. The van der Waals surface area contributed by atoms with E-state index in [4.69, 9.17) is 10.5 Å². The van der Waals surface area contributed by atoms with Crippen LogP contribution in [0.4, 0.5) is 0 Å². The average Bonchev–Trinajstić information content (AvgIpc) is 2.30. The van der Waals surface area contributed by atoms with Crippen LogP contribution in [0.15, 0.2) is 24.3 Å². The molecule has 0 saturated heterocycles. The van der Waals surface area contributed by atoms with Crippen molar-refractivity contribution < 1.29 is 4.74 Å². The van der Waals surface area contributed by atoms with E-state index in [-0.39, 0.29) is 6.10 Å². The van der Waals surface area contributed by atoms with E-state index in [1.807, 2.05) is 12.1 Å². The first-order valence-corrected chi connectivity index (χ1v) is 6.52. The fourth-order valence-electron chi connectivity index (χ4n) is 1.95. The van der Waals surface area contributed by atoms with Crippen molar-refractivity contribution >= 4 is 0 Å². The van der Waals surface area contributed by atoms with Gasteiger partial charge in [-0.15, -0.1) is 0 Å². The molecule has 2 heteroatoms. The Labute approximate surface area is 105 Å². The molecule has 0 aliphatic carbocycles. The van der Waals surface area contributed by atoms with Gasteiger partial charge in [0.1, 0.15) is 0 Å². The van der Waals surface area contributed by atoms with Gasteiger partial charge in [0, 0.05) is 13.2 Å². The summed E-state index contributed by atoms with van der Waals surface area (Å²) in [7, 11) is 0. The Bertz CT molecular complexity index is 322. The highest BCUT2D eigenvalue weighted by molar-refractivity contribution is 5.27. The normalized spacial score (nSPS) is 13.0. The van der Waals surface area contributed by atoms with Crippen molar-refractivity contribution in [1.82, 2.24) is 0 Å². The minimum absolute atomic E-state index is 0.0448. The largest absolute Gasteiger partial charge is 0.372 e. The predicted molar refractivity (Wildman–Crippen MR) is 73.0 cm³/mol. The molecule has 0 radical (unpaired) electrons. The van der Waals surface area contributed by atoms with Crippen LogP contribution in [0.25, 0.3) is 0 Å². The number of ether oxygens (including phenoxy) is 1. The SMILES string of the molecule is Cc1ccccc1C(CN)OCCCC(C)C. The molecule has 0 bridgehead atoms. The zero-order valence-corrected chi connectivity index (χ0v) is 11.3. The number of nitrogens with two attached hydrogens (primary N) is 1. The molecule has 2 N–H and O–H groups in total. The van der Waals surface area contributed by atoms with E-state index in [1.165, 1.54) is 17.5 Å². The van der Waals surface area contributed by atoms with Gasteiger partial charge in [-0.2, -0.15) is 0 Å². The molecule has 0 heterocycles. The van der Waals surface area contributed by atoms with Gasteiger partial charge in [0.25, 0.3) is 0 Å². The van der Waals surface area contributed by atoms with Crippen molar-refractivity contribution in [2.45, 2.75) is 39.7 Å². The van der Waals surface area contributed by atoms with Gasteiger partial charge < -0.3 is 10.5 Å². The molecule has 0 aliphatic heterocycles. The number of rotatable bonds is 7. The van der Waals surface area contributed by atoms with Crippen molar-refractivity contribution in [3.05, 3.63) is 35.4 Å². The van der Waals surface area contributed by atoms with Gasteiger partial charge in [-0.1, -0.05) is 38.1 Å². The molecule has 17 heavy (non-hydrogen) atoms. The summed E-state index contributed by atoms with van der Waals surface area (Å²) in [6.07, 6.45) is 2.37. The third-order valence-electron chi connectivity index (χ3n) is 2.99. The molecule has 1 rings (SSSR count). The van der Waals surface area contributed by atoms with Gasteiger partial charge in [0.15, 0.2) is 0 Å². The molecular weight excluding hydrogens is 210 g/mol. The molecule has 1 unspecified atom stereocenters. The Kier molecular flexibility index (Phi) is 6.23. The molecule has 1 atom stereocenters. The summed E-state index contributed by atoms with van der Waals surface area (Å²) >= 11 is 0. The maximum Gasteiger partial charge on any atom is 0.0949 e. The minimum atomic E-state index is 0.0448. The van der Waals surface area contributed by atoms with Crippen LogP contribution < -0.4 is 5.73 Å². The van der Waals surface area contributed by atoms with E-state index in [0.29, 0.717) is 6.54 Å². The zero-order valence-electron chi connectivity index (χ0n) is 11.3. The third kappa shape index (κ3) is 4.88. The van der Waals surface area contributed by atoms with Gasteiger partial charge in [0.05, 0.1) is 6.10 Å².